The normalized spacial score (nSPS) is 16.9. The maximum atomic E-state index is 12.4. The predicted octanol–water partition coefficient (Wildman–Crippen LogP) is 3.79. The summed E-state index contributed by atoms with van der Waals surface area (Å²) in [6.07, 6.45) is 6.87. The van der Waals surface area contributed by atoms with Crippen LogP contribution in [0.5, 0.6) is 0 Å². The molecule has 3 heteroatoms. The van der Waals surface area contributed by atoms with Gasteiger partial charge in [0, 0.05) is 5.92 Å². The molecule has 0 spiro atoms. The third-order valence-electron chi connectivity index (χ3n) is 4.24. The molecule has 2 rings (SSSR count). The Hall–Kier alpha value is -1.51. The van der Waals surface area contributed by atoms with E-state index in [1.165, 1.54) is 25.7 Å². The largest absolute Gasteiger partial charge is 0.397 e. The van der Waals surface area contributed by atoms with Crippen LogP contribution in [0.15, 0.2) is 12.1 Å². The minimum absolute atomic E-state index is 0.141. The second-order valence-electron chi connectivity index (χ2n) is 5.65. The molecular formula is C16H24N2O. The van der Waals surface area contributed by atoms with Crippen LogP contribution in [0.1, 0.15) is 49.7 Å². The standard InChI is InChI=1S/C16H24N2O/c1-11-9-10-14(17)15(12(11)2)18-16(19)13-7-5-3-4-6-8-13/h9-10,13H,3-8,17H2,1-2H3,(H,18,19). The molecule has 0 bridgehead atoms. The highest BCUT2D eigenvalue weighted by atomic mass is 16.1. The summed E-state index contributed by atoms with van der Waals surface area (Å²) in [7, 11) is 0. The van der Waals surface area contributed by atoms with Crippen LogP contribution in [0.2, 0.25) is 0 Å². The van der Waals surface area contributed by atoms with E-state index in [9.17, 15) is 4.79 Å². The summed E-state index contributed by atoms with van der Waals surface area (Å²) in [6, 6.07) is 3.86. The smallest absolute Gasteiger partial charge is 0.227 e. The number of nitrogens with two attached hydrogens (primary N) is 1. The molecular weight excluding hydrogens is 236 g/mol. The van der Waals surface area contributed by atoms with Gasteiger partial charge < -0.3 is 11.1 Å². The maximum absolute atomic E-state index is 12.4. The third kappa shape index (κ3) is 3.28. The summed E-state index contributed by atoms with van der Waals surface area (Å²) in [6.45, 7) is 4.05. The number of amides is 1. The molecule has 1 fully saturated rings. The van der Waals surface area contributed by atoms with Crippen LogP contribution in [0.4, 0.5) is 11.4 Å². The number of carbonyl (C=O) groups excluding carboxylic acids is 1. The van der Waals surface area contributed by atoms with E-state index in [1.54, 1.807) is 0 Å². The van der Waals surface area contributed by atoms with E-state index in [0.29, 0.717) is 5.69 Å². The van der Waals surface area contributed by atoms with E-state index in [2.05, 4.69) is 5.32 Å². The van der Waals surface area contributed by atoms with Gasteiger partial charge in [-0.2, -0.15) is 0 Å². The zero-order valence-electron chi connectivity index (χ0n) is 12.0. The zero-order chi connectivity index (χ0) is 13.8. The number of nitrogens with one attached hydrogen (secondary N) is 1. The quantitative estimate of drug-likeness (QED) is 0.628. The average molecular weight is 260 g/mol. The fourth-order valence-corrected chi connectivity index (χ4v) is 2.77. The first kappa shape index (κ1) is 13.9. The second-order valence-corrected chi connectivity index (χ2v) is 5.65. The Kier molecular flexibility index (Phi) is 4.46. The number of benzene rings is 1. The van der Waals surface area contributed by atoms with Gasteiger partial charge in [-0.05, 0) is 43.9 Å². The van der Waals surface area contributed by atoms with Crippen molar-refractivity contribution >= 4 is 17.3 Å². The number of hydrogen-bond acceptors (Lipinski definition) is 2. The maximum Gasteiger partial charge on any atom is 0.227 e. The molecule has 104 valence electrons. The molecule has 1 saturated carbocycles. The van der Waals surface area contributed by atoms with Crippen LogP contribution in [-0.4, -0.2) is 5.91 Å². The molecule has 19 heavy (non-hydrogen) atoms. The molecule has 0 unspecified atom stereocenters. The van der Waals surface area contributed by atoms with Gasteiger partial charge in [-0.1, -0.05) is 31.7 Å². The summed E-state index contributed by atoms with van der Waals surface area (Å²) >= 11 is 0. The average Bonchev–Trinajstić information content (AvgIpc) is 2.68. The van der Waals surface area contributed by atoms with E-state index in [4.69, 9.17) is 5.73 Å². The van der Waals surface area contributed by atoms with Gasteiger partial charge in [0.25, 0.3) is 0 Å². The van der Waals surface area contributed by atoms with Crippen molar-refractivity contribution in [2.24, 2.45) is 5.92 Å². The van der Waals surface area contributed by atoms with Gasteiger partial charge in [0.15, 0.2) is 0 Å². The number of nitrogen functional groups attached to an aromatic ring is 1. The molecule has 3 N–H and O–H groups in total. The summed E-state index contributed by atoms with van der Waals surface area (Å²) in [5.74, 6) is 0.295. The topological polar surface area (TPSA) is 55.1 Å². The summed E-state index contributed by atoms with van der Waals surface area (Å²) in [5, 5.41) is 3.05. The van der Waals surface area contributed by atoms with Crippen LogP contribution in [0, 0.1) is 19.8 Å². The molecule has 1 aliphatic carbocycles. The Balaban J connectivity index is 2.12. The van der Waals surface area contributed by atoms with Crippen LogP contribution >= 0.6 is 0 Å². The van der Waals surface area contributed by atoms with Crippen molar-refractivity contribution in [1.82, 2.24) is 0 Å². The molecule has 0 saturated heterocycles. The van der Waals surface area contributed by atoms with E-state index >= 15 is 0 Å². The Morgan fingerprint density at radius 1 is 1.16 bits per heavy atom. The van der Waals surface area contributed by atoms with Crippen LogP contribution in [0.25, 0.3) is 0 Å². The van der Waals surface area contributed by atoms with Crippen molar-refractivity contribution in [1.29, 1.82) is 0 Å². The van der Waals surface area contributed by atoms with E-state index < -0.39 is 0 Å². The Labute approximate surface area is 115 Å². The first-order valence-corrected chi connectivity index (χ1v) is 7.26. The number of rotatable bonds is 2. The molecule has 0 heterocycles. The molecule has 3 nitrogen and oxygen atoms in total. The highest BCUT2D eigenvalue weighted by Crippen LogP contribution is 2.29. The zero-order valence-corrected chi connectivity index (χ0v) is 12.0. The van der Waals surface area contributed by atoms with Gasteiger partial charge in [-0.3, -0.25) is 4.79 Å². The lowest BCUT2D eigenvalue weighted by molar-refractivity contribution is -0.120. The van der Waals surface area contributed by atoms with Crippen molar-refractivity contribution in [2.75, 3.05) is 11.1 Å². The number of hydrogen-bond donors (Lipinski definition) is 2. The van der Waals surface area contributed by atoms with Crippen LogP contribution < -0.4 is 11.1 Å². The molecule has 1 amide bonds. The lowest BCUT2D eigenvalue weighted by atomic mass is 9.98. The summed E-state index contributed by atoms with van der Waals surface area (Å²) in [5.41, 5.74) is 9.67. The fraction of sp³-hybridized carbons (Fsp3) is 0.562. The Morgan fingerprint density at radius 3 is 2.42 bits per heavy atom. The minimum atomic E-state index is 0.141. The molecule has 1 aromatic rings. The molecule has 1 aliphatic rings. The van der Waals surface area contributed by atoms with Crippen molar-refractivity contribution < 1.29 is 4.79 Å². The van der Waals surface area contributed by atoms with Crippen molar-refractivity contribution in [3.8, 4) is 0 Å². The van der Waals surface area contributed by atoms with Crippen molar-refractivity contribution in [2.45, 2.75) is 52.4 Å². The number of anilines is 2. The van der Waals surface area contributed by atoms with E-state index in [0.717, 1.165) is 29.7 Å². The SMILES string of the molecule is Cc1ccc(N)c(NC(=O)C2CCCCCC2)c1C. The monoisotopic (exact) mass is 260 g/mol. The third-order valence-corrected chi connectivity index (χ3v) is 4.24. The van der Waals surface area contributed by atoms with Crippen LogP contribution in [0.3, 0.4) is 0 Å². The fourth-order valence-electron chi connectivity index (χ4n) is 2.77. The van der Waals surface area contributed by atoms with Gasteiger partial charge in [0.2, 0.25) is 5.91 Å². The van der Waals surface area contributed by atoms with Gasteiger partial charge in [-0.15, -0.1) is 0 Å². The summed E-state index contributed by atoms with van der Waals surface area (Å²) in [4.78, 5) is 12.4. The van der Waals surface area contributed by atoms with Gasteiger partial charge >= 0.3 is 0 Å². The predicted molar refractivity (Wildman–Crippen MR) is 80.2 cm³/mol. The minimum Gasteiger partial charge on any atom is -0.397 e. The molecule has 1 aromatic carbocycles. The lowest BCUT2D eigenvalue weighted by Gasteiger charge is -2.18. The molecule has 0 aliphatic heterocycles. The van der Waals surface area contributed by atoms with Gasteiger partial charge in [-0.25, -0.2) is 0 Å². The molecule has 0 aromatic heterocycles. The van der Waals surface area contributed by atoms with Gasteiger partial charge in [0.05, 0.1) is 11.4 Å². The number of carbonyl (C=O) groups is 1. The molecule has 0 atom stereocenters. The van der Waals surface area contributed by atoms with Crippen molar-refractivity contribution in [3.63, 3.8) is 0 Å². The molecule has 0 radical (unpaired) electrons. The van der Waals surface area contributed by atoms with Gasteiger partial charge in [0.1, 0.15) is 0 Å². The van der Waals surface area contributed by atoms with Crippen LogP contribution in [-0.2, 0) is 4.79 Å². The Bertz CT molecular complexity index is 460. The first-order valence-electron chi connectivity index (χ1n) is 7.26. The highest BCUT2D eigenvalue weighted by Gasteiger charge is 2.21. The Morgan fingerprint density at radius 2 is 1.79 bits per heavy atom. The first-order chi connectivity index (χ1) is 9.09. The second kappa shape index (κ2) is 6.09. The summed E-state index contributed by atoms with van der Waals surface area (Å²) < 4.78 is 0. The lowest BCUT2D eigenvalue weighted by Crippen LogP contribution is -2.23. The van der Waals surface area contributed by atoms with Crippen molar-refractivity contribution in [3.05, 3.63) is 23.3 Å². The van der Waals surface area contributed by atoms with E-state index in [1.807, 2.05) is 26.0 Å². The van der Waals surface area contributed by atoms with E-state index in [-0.39, 0.29) is 11.8 Å². The highest BCUT2D eigenvalue weighted by molar-refractivity contribution is 5.96. The number of aryl methyl sites for hydroxylation is 1.